The van der Waals surface area contributed by atoms with Crippen molar-refractivity contribution in [2.75, 3.05) is 0 Å². The van der Waals surface area contributed by atoms with Crippen LogP contribution < -0.4 is 0 Å². The van der Waals surface area contributed by atoms with E-state index in [9.17, 15) is 5.11 Å². The molecule has 1 aromatic rings. The maximum atomic E-state index is 9.49. The topological polar surface area (TPSA) is 33.1 Å². The molecule has 0 saturated carbocycles. The van der Waals surface area contributed by atoms with E-state index in [-0.39, 0.29) is 6.10 Å². The van der Waals surface area contributed by atoms with Gasteiger partial charge < -0.3 is 5.11 Å². The smallest absolute Gasteiger partial charge is 0.0901 e. The molecule has 1 N–H and O–H groups in total. The normalized spacial score (nSPS) is 13.5. The van der Waals surface area contributed by atoms with Gasteiger partial charge in [-0.15, -0.1) is 11.3 Å². The van der Waals surface area contributed by atoms with Crippen LogP contribution in [0.15, 0.2) is 0 Å². The zero-order valence-corrected chi connectivity index (χ0v) is 7.90. The molecule has 1 heterocycles. The van der Waals surface area contributed by atoms with Crippen LogP contribution in [0.2, 0.25) is 0 Å². The summed E-state index contributed by atoms with van der Waals surface area (Å²) in [5.74, 6) is 0. The predicted octanol–water partition coefficient (Wildman–Crippen LogP) is 2.20. The van der Waals surface area contributed by atoms with Gasteiger partial charge in [-0.3, -0.25) is 0 Å². The summed E-state index contributed by atoms with van der Waals surface area (Å²) in [4.78, 5) is 5.26. The Hall–Kier alpha value is -0.410. The fourth-order valence-electron chi connectivity index (χ4n) is 1.04. The van der Waals surface area contributed by atoms with Gasteiger partial charge in [-0.05, 0) is 20.3 Å². The monoisotopic (exact) mass is 171 g/mol. The lowest BCUT2D eigenvalue weighted by Gasteiger charge is -2.03. The van der Waals surface area contributed by atoms with Crippen LogP contribution in [0.5, 0.6) is 0 Å². The predicted molar refractivity (Wildman–Crippen MR) is 46.8 cm³/mol. The van der Waals surface area contributed by atoms with E-state index in [2.05, 4.69) is 4.98 Å². The summed E-state index contributed by atoms with van der Waals surface area (Å²) in [7, 11) is 0. The Kier molecular flexibility index (Phi) is 2.62. The summed E-state index contributed by atoms with van der Waals surface area (Å²) >= 11 is 1.59. The molecular weight excluding hydrogens is 158 g/mol. The number of hydrogen-bond donors (Lipinski definition) is 1. The molecule has 1 unspecified atom stereocenters. The fraction of sp³-hybridized carbons (Fsp3) is 0.625. The minimum absolute atomic E-state index is 0.318. The highest BCUT2D eigenvalue weighted by Crippen LogP contribution is 2.26. The minimum Gasteiger partial charge on any atom is -0.388 e. The van der Waals surface area contributed by atoms with Crippen LogP contribution in [-0.2, 0) is 0 Å². The van der Waals surface area contributed by atoms with Crippen LogP contribution >= 0.6 is 11.3 Å². The molecule has 0 aliphatic carbocycles. The zero-order chi connectivity index (χ0) is 8.43. The lowest BCUT2D eigenvalue weighted by molar-refractivity contribution is 0.176. The van der Waals surface area contributed by atoms with Crippen molar-refractivity contribution in [2.45, 2.75) is 33.3 Å². The van der Waals surface area contributed by atoms with Gasteiger partial charge in [-0.2, -0.15) is 0 Å². The standard InChI is InChI=1S/C8H13NOS/c1-4-7(10)8-5(2)9-6(3)11-8/h7,10H,4H2,1-3H3. The van der Waals surface area contributed by atoms with Crippen molar-refractivity contribution in [3.05, 3.63) is 15.6 Å². The quantitative estimate of drug-likeness (QED) is 0.740. The molecule has 0 spiro atoms. The van der Waals surface area contributed by atoms with Crippen molar-refractivity contribution in [2.24, 2.45) is 0 Å². The van der Waals surface area contributed by atoms with Crippen molar-refractivity contribution in [3.63, 3.8) is 0 Å². The van der Waals surface area contributed by atoms with Crippen LogP contribution in [0.3, 0.4) is 0 Å². The molecule has 2 nitrogen and oxygen atoms in total. The Labute approximate surface area is 70.9 Å². The Morgan fingerprint density at radius 1 is 1.55 bits per heavy atom. The first-order chi connectivity index (χ1) is 5.15. The van der Waals surface area contributed by atoms with E-state index in [1.807, 2.05) is 20.8 Å². The van der Waals surface area contributed by atoms with Gasteiger partial charge in [0, 0.05) is 0 Å². The molecule has 0 radical (unpaired) electrons. The van der Waals surface area contributed by atoms with E-state index >= 15 is 0 Å². The number of aromatic nitrogens is 1. The van der Waals surface area contributed by atoms with Crippen molar-refractivity contribution in [1.82, 2.24) is 4.98 Å². The fourth-order valence-corrected chi connectivity index (χ4v) is 2.04. The van der Waals surface area contributed by atoms with Crippen LogP contribution in [0.25, 0.3) is 0 Å². The van der Waals surface area contributed by atoms with Crippen molar-refractivity contribution >= 4 is 11.3 Å². The molecule has 0 aliphatic rings. The Bertz CT molecular complexity index is 244. The number of thiazole rings is 1. The van der Waals surface area contributed by atoms with Crippen LogP contribution in [-0.4, -0.2) is 10.1 Å². The number of aliphatic hydroxyl groups excluding tert-OH is 1. The van der Waals surface area contributed by atoms with Gasteiger partial charge in [0.15, 0.2) is 0 Å². The van der Waals surface area contributed by atoms with Gasteiger partial charge in [0.1, 0.15) is 0 Å². The molecular formula is C8H13NOS. The van der Waals surface area contributed by atoms with E-state index in [1.165, 1.54) is 0 Å². The highest BCUT2D eigenvalue weighted by atomic mass is 32.1. The second-order valence-electron chi connectivity index (χ2n) is 2.61. The van der Waals surface area contributed by atoms with E-state index in [1.54, 1.807) is 11.3 Å². The first-order valence-corrected chi connectivity index (χ1v) is 4.58. The van der Waals surface area contributed by atoms with Gasteiger partial charge in [0.2, 0.25) is 0 Å². The summed E-state index contributed by atoms with van der Waals surface area (Å²) < 4.78 is 0. The zero-order valence-electron chi connectivity index (χ0n) is 7.09. The Morgan fingerprint density at radius 3 is 2.55 bits per heavy atom. The summed E-state index contributed by atoms with van der Waals surface area (Å²) in [6.07, 6.45) is 0.448. The third kappa shape index (κ3) is 1.79. The van der Waals surface area contributed by atoms with E-state index in [0.717, 1.165) is 22.0 Å². The third-order valence-electron chi connectivity index (χ3n) is 1.63. The van der Waals surface area contributed by atoms with Gasteiger partial charge in [-0.25, -0.2) is 4.98 Å². The molecule has 0 aliphatic heterocycles. The second kappa shape index (κ2) is 3.32. The average Bonchev–Trinajstić information content (AvgIpc) is 2.28. The SMILES string of the molecule is CCC(O)c1sc(C)nc1C. The van der Waals surface area contributed by atoms with Crippen LogP contribution in [0, 0.1) is 13.8 Å². The maximum absolute atomic E-state index is 9.49. The summed E-state index contributed by atoms with van der Waals surface area (Å²) in [5.41, 5.74) is 0.974. The molecule has 3 heteroatoms. The largest absolute Gasteiger partial charge is 0.388 e. The first-order valence-electron chi connectivity index (χ1n) is 3.77. The summed E-state index contributed by atoms with van der Waals surface area (Å²) in [6.45, 7) is 5.88. The molecule has 62 valence electrons. The summed E-state index contributed by atoms with van der Waals surface area (Å²) in [5, 5.41) is 10.5. The van der Waals surface area contributed by atoms with Gasteiger partial charge in [0.25, 0.3) is 0 Å². The van der Waals surface area contributed by atoms with Gasteiger partial charge in [-0.1, -0.05) is 6.92 Å². The molecule has 1 aromatic heterocycles. The highest BCUT2D eigenvalue weighted by molar-refractivity contribution is 7.11. The number of nitrogens with zero attached hydrogens (tertiary/aromatic N) is 1. The van der Waals surface area contributed by atoms with Crippen LogP contribution in [0.4, 0.5) is 0 Å². The highest BCUT2D eigenvalue weighted by Gasteiger charge is 2.11. The molecule has 0 bridgehead atoms. The van der Waals surface area contributed by atoms with Crippen molar-refractivity contribution in [1.29, 1.82) is 0 Å². The Balaban J connectivity index is 2.93. The van der Waals surface area contributed by atoms with E-state index in [0.29, 0.717) is 0 Å². The molecule has 1 atom stereocenters. The van der Waals surface area contributed by atoms with Crippen molar-refractivity contribution < 1.29 is 5.11 Å². The second-order valence-corrected chi connectivity index (χ2v) is 3.84. The molecule has 0 amide bonds. The number of aryl methyl sites for hydroxylation is 2. The molecule has 0 aromatic carbocycles. The lowest BCUT2D eigenvalue weighted by Crippen LogP contribution is -1.93. The lowest BCUT2D eigenvalue weighted by atomic mass is 10.2. The number of aliphatic hydroxyl groups is 1. The molecule has 0 fully saturated rings. The number of rotatable bonds is 2. The van der Waals surface area contributed by atoms with Gasteiger partial charge >= 0.3 is 0 Å². The van der Waals surface area contributed by atoms with Gasteiger partial charge in [0.05, 0.1) is 21.7 Å². The van der Waals surface area contributed by atoms with Crippen LogP contribution in [0.1, 0.15) is 35.0 Å². The van der Waals surface area contributed by atoms with E-state index in [4.69, 9.17) is 0 Å². The molecule has 11 heavy (non-hydrogen) atoms. The molecule has 0 saturated heterocycles. The summed E-state index contributed by atoms with van der Waals surface area (Å²) in [6, 6.07) is 0. The van der Waals surface area contributed by atoms with Crippen molar-refractivity contribution in [3.8, 4) is 0 Å². The Morgan fingerprint density at radius 2 is 2.18 bits per heavy atom. The maximum Gasteiger partial charge on any atom is 0.0901 e. The molecule has 1 rings (SSSR count). The number of hydrogen-bond acceptors (Lipinski definition) is 3. The minimum atomic E-state index is -0.318. The third-order valence-corrected chi connectivity index (χ3v) is 2.80. The van der Waals surface area contributed by atoms with E-state index < -0.39 is 0 Å². The first kappa shape index (κ1) is 8.68. The average molecular weight is 171 g/mol.